The Balaban J connectivity index is 1.45. The van der Waals surface area contributed by atoms with Gasteiger partial charge in [-0.1, -0.05) is 19.1 Å². The van der Waals surface area contributed by atoms with E-state index >= 15 is 0 Å². The first-order chi connectivity index (χ1) is 20.3. The molecule has 9 nitrogen and oxygen atoms in total. The largest absolute Gasteiger partial charge is 0.489 e. The zero-order valence-electron chi connectivity index (χ0n) is 22.6. The number of sulfone groups is 1. The van der Waals surface area contributed by atoms with Gasteiger partial charge in [-0.25, -0.2) is 13.4 Å². The Bertz CT molecular complexity index is 1480. The Morgan fingerprint density at radius 3 is 2.42 bits per heavy atom. The number of halogens is 5. The van der Waals surface area contributed by atoms with Gasteiger partial charge in [0.1, 0.15) is 17.5 Å². The van der Waals surface area contributed by atoms with Gasteiger partial charge >= 0.3 is 12.8 Å². The smallest absolute Gasteiger partial charge is 0.416 e. The van der Waals surface area contributed by atoms with Crippen molar-refractivity contribution in [2.24, 2.45) is 0 Å². The summed E-state index contributed by atoms with van der Waals surface area (Å²) in [6.45, 7) is -2.24. The molecule has 3 aromatic rings. The summed E-state index contributed by atoms with van der Waals surface area (Å²) < 4.78 is 98.7. The van der Waals surface area contributed by atoms with E-state index < -0.39 is 58.9 Å². The fraction of sp³-hybridized carbons (Fsp3) is 0.407. The lowest BCUT2D eigenvalue weighted by Gasteiger charge is -2.23. The molecule has 1 aliphatic heterocycles. The van der Waals surface area contributed by atoms with Crippen molar-refractivity contribution in [1.82, 2.24) is 10.3 Å². The van der Waals surface area contributed by atoms with Crippen LogP contribution in [0.15, 0.2) is 58.8 Å². The molecule has 0 aliphatic carbocycles. The molecule has 2 aromatic carbocycles. The van der Waals surface area contributed by atoms with Crippen molar-refractivity contribution in [3.63, 3.8) is 0 Å². The Hall–Kier alpha value is -3.34. The molecular weight excluding hydrogens is 621 g/mol. The van der Waals surface area contributed by atoms with Crippen molar-refractivity contribution in [1.29, 1.82) is 0 Å². The second-order valence-electron chi connectivity index (χ2n) is 9.59. The van der Waals surface area contributed by atoms with Crippen LogP contribution in [0, 0.1) is 0 Å². The quantitative estimate of drug-likeness (QED) is 0.272. The highest BCUT2D eigenvalue weighted by Crippen LogP contribution is 2.33. The van der Waals surface area contributed by atoms with Crippen molar-refractivity contribution >= 4 is 32.2 Å². The summed E-state index contributed by atoms with van der Waals surface area (Å²) in [7, 11) is -3.42. The third-order valence-corrected chi connectivity index (χ3v) is 9.38. The lowest BCUT2D eigenvalue weighted by Crippen LogP contribution is -2.34. The minimum Gasteiger partial charge on any atom is -0.489 e. The second-order valence-corrected chi connectivity index (χ2v) is 12.7. The van der Waals surface area contributed by atoms with Gasteiger partial charge in [0.15, 0.2) is 15.0 Å². The minimum atomic E-state index is -4.51. The first kappa shape index (κ1) is 32.6. The molecule has 4 rings (SSSR count). The lowest BCUT2D eigenvalue weighted by atomic mass is 10.1. The molecule has 234 valence electrons. The van der Waals surface area contributed by atoms with Crippen molar-refractivity contribution < 1.29 is 49.7 Å². The summed E-state index contributed by atoms with van der Waals surface area (Å²) in [5.41, 5.74) is -0.382. The number of carbonyl (C=O) groups excluding carboxylic acids is 1. The predicted octanol–water partition coefficient (Wildman–Crippen LogP) is 4.68. The van der Waals surface area contributed by atoms with Crippen LogP contribution in [0.5, 0.6) is 5.75 Å². The highest BCUT2D eigenvalue weighted by atomic mass is 32.2. The molecule has 0 spiro atoms. The van der Waals surface area contributed by atoms with Crippen molar-refractivity contribution in [3.8, 4) is 5.75 Å². The van der Waals surface area contributed by atoms with Crippen molar-refractivity contribution in [2.75, 3.05) is 30.4 Å². The molecule has 2 heterocycles. The molecule has 1 aromatic heterocycles. The summed E-state index contributed by atoms with van der Waals surface area (Å²) in [6, 6.07) is 8.39. The SMILES string of the molecule is CCS(=O)(=O)c1ccc([C@H](CO)NC(=O)c2csc(N3C[C@@H](Oc4ccc(C(F)(F)F)cc4)C[C@H]3COC(F)F)n2)cc1. The van der Waals surface area contributed by atoms with Crippen LogP contribution in [0.2, 0.25) is 0 Å². The van der Waals surface area contributed by atoms with E-state index in [0.717, 1.165) is 23.5 Å². The monoisotopic (exact) mass is 649 g/mol. The molecule has 1 amide bonds. The molecule has 2 N–H and O–H groups in total. The van der Waals surface area contributed by atoms with Crippen molar-refractivity contribution in [3.05, 3.63) is 70.7 Å². The standard InChI is InChI=1S/C27H28F5N3O6S2/c1-2-43(38,39)21-9-3-16(4-10-21)22(13-36)33-24(37)23-15-42-26(34-23)35-12-20(11-18(35)14-40-25(28)29)41-19-7-5-17(6-8-19)27(30,31)32/h3-10,15,18,20,22,25,36H,2,11-14H2,1H3,(H,33,37)/t18-,20-,22-/m0/s1. The highest BCUT2D eigenvalue weighted by Gasteiger charge is 2.37. The summed E-state index contributed by atoms with van der Waals surface area (Å²) in [4.78, 5) is 19.1. The molecule has 0 saturated carbocycles. The average Bonchev–Trinajstić information content (AvgIpc) is 3.62. The molecule has 0 bridgehead atoms. The maximum absolute atomic E-state index is 13.0. The third-order valence-electron chi connectivity index (χ3n) is 6.75. The number of aliphatic hydroxyl groups excluding tert-OH is 1. The molecule has 1 saturated heterocycles. The summed E-state index contributed by atoms with van der Waals surface area (Å²) >= 11 is 1.07. The maximum Gasteiger partial charge on any atom is 0.416 e. The molecule has 43 heavy (non-hydrogen) atoms. The Morgan fingerprint density at radius 2 is 1.84 bits per heavy atom. The number of hydrogen-bond acceptors (Lipinski definition) is 9. The molecule has 1 aliphatic rings. The van der Waals surface area contributed by atoms with E-state index in [1.54, 1.807) is 4.90 Å². The number of ether oxygens (including phenoxy) is 2. The topological polar surface area (TPSA) is 118 Å². The van der Waals surface area contributed by atoms with E-state index in [4.69, 9.17) is 4.74 Å². The Labute approximate surface area is 248 Å². The fourth-order valence-corrected chi connectivity index (χ4v) is 6.26. The molecular formula is C27H28F5N3O6S2. The number of hydrogen-bond donors (Lipinski definition) is 2. The number of nitrogens with zero attached hydrogens (tertiary/aromatic N) is 2. The van der Waals surface area contributed by atoms with Crippen LogP contribution in [0.25, 0.3) is 0 Å². The lowest BCUT2D eigenvalue weighted by molar-refractivity contribution is -0.137. The van der Waals surface area contributed by atoms with Gasteiger partial charge < -0.3 is 24.8 Å². The van der Waals surface area contributed by atoms with Crippen LogP contribution in [0.1, 0.15) is 41.0 Å². The van der Waals surface area contributed by atoms with Gasteiger partial charge in [-0.3, -0.25) is 4.79 Å². The number of carbonyl (C=O) groups is 1. The van der Waals surface area contributed by atoms with Gasteiger partial charge in [-0.05, 0) is 42.0 Å². The highest BCUT2D eigenvalue weighted by molar-refractivity contribution is 7.91. The van der Waals surface area contributed by atoms with Crippen LogP contribution >= 0.6 is 11.3 Å². The molecule has 0 unspecified atom stereocenters. The predicted molar refractivity (Wildman–Crippen MR) is 147 cm³/mol. The van der Waals surface area contributed by atoms with E-state index in [1.165, 1.54) is 48.7 Å². The fourth-order valence-electron chi connectivity index (χ4n) is 4.49. The normalized spacial score (nSPS) is 18.2. The van der Waals surface area contributed by atoms with E-state index in [0.29, 0.717) is 10.7 Å². The maximum atomic E-state index is 13.0. The number of aromatic nitrogens is 1. The molecule has 0 radical (unpaired) electrons. The van der Waals surface area contributed by atoms with Crippen LogP contribution < -0.4 is 15.0 Å². The van der Waals surface area contributed by atoms with Crippen LogP contribution in [0.3, 0.4) is 0 Å². The zero-order chi connectivity index (χ0) is 31.4. The summed E-state index contributed by atoms with van der Waals surface area (Å²) in [6.07, 6.45) is -4.90. The third kappa shape index (κ3) is 8.19. The molecule has 1 fully saturated rings. The minimum absolute atomic E-state index is 0.00994. The number of anilines is 1. The average molecular weight is 650 g/mol. The van der Waals surface area contributed by atoms with Gasteiger partial charge in [-0.15, -0.1) is 11.3 Å². The first-order valence-electron chi connectivity index (χ1n) is 13.0. The second kappa shape index (κ2) is 13.5. The number of benzene rings is 2. The molecule has 3 atom stereocenters. The van der Waals surface area contributed by atoms with Gasteiger partial charge in [0.05, 0.1) is 48.1 Å². The van der Waals surface area contributed by atoms with E-state index in [2.05, 4.69) is 15.0 Å². The Morgan fingerprint density at radius 1 is 1.16 bits per heavy atom. The van der Waals surface area contributed by atoms with Crippen molar-refractivity contribution in [2.45, 2.75) is 49.2 Å². The number of alkyl halides is 5. The number of aliphatic hydroxyl groups is 1. The van der Waals surface area contributed by atoms with E-state index in [1.807, 2.05) is 0 Å². The Kier molecular flexibility index (Phi) is 10.2. The number of nitrogens with one attached hydrogen (secondary N) is 1. The van der Waals surface area contributed by atoms with Crippen LogP contribution in [-0.4, -0.2) is 68.7 Å². The zero-order valence-corrected chi connectivity index (χ0v) is 24.3. The van der Waals surface area contributed by atoms with E-state index in [-0.39, 0.29) is 41.7 Å². The van der Waals surface area contributed by atoms with E-state index in [9.17, 15) is 40.3 Å². The number of thiazole rings is 1. The van der Waals surface area contributed by atoms with Gasteiger partial charge in [0, 0.05) is 11.8 Å². The van der Waals surface area contributed by atoms with Crippen LogP contribution in [0.4, 0.5) is 27.1 Å². The first-order valence-corrected chi connectivity index (χ1v) is 15.5. The van der Waals surface area contributed by atoms with Crippen LogP contribution in [-0.2, 0) is 20.8 Å². The molecule has 16 heteroatoms. The van der Waals surface area contributed by atoms with Gasteiger partial charge in [-0.2, -0.15) is 22.0 Å². The summed E-state index contributed by atoms with van der Waals surface area (Å²) in [5, 5.41) is 14.3. The van der Waals surface area contributed by atoms with Gasteiger partial charge in [0.25, 0.3) is 5.91 Å². The van der Waals surface area contributed by atoms with Gasteiger partial charge in [0.2, 0.25) is 0 Å². The number of amides is 1. The number of rotatable bonds is 12. The summed E-state index contributed by atoms with van der Waals surface area (Å²) in [5.74, 6) is -0.542.